The molecule has 0 saturated carbocycles. The lowest BCUT2D eigenvalue weighted by atomic mass is 10.3. The number of alkyl halides is 1. The fraction of sp³-hybridized carbons (Fsp3) is 0.500. The van der Waals surface area contributed by atoms with E-state index in [-0.39, 0.29) is 15.7 Å². The van der Waals surface area contributed by atoms with Crippen molar-refractivity contribution < 1.29 is 9.53 Å². The quantitative estimate of drug-likeness (QED) is 0.179. The molecule has 0 fully saturated rings. The lowest BCUT2D eigenvalue weighted by Crippen LogP contribution is -2.28. The number of nitrogens with zero attached hydrogens (tertiary/aromatic N) is 2. The Morgan fingerprint density at radius 3 is 2.36 bits per heavy atom. The fourth-order valence-electron chi connectivity index (χ4n) is 1.46. The predicted octanol–water partition coefficient (Wildman–Crippen LogP) is 6.42. The van der Waals surface area contributed by atoms with Gasteiger partial charge in [-0.2, -0.15) is 10.2 Å². The van der Waals surface area contributed by atoms with Gasteiger partial charge in [0.25, 0.3) is 0 Å². The first kappa shape index (κ1) is 19.5. The molecule has 22 heavy (non-hydrogen) atoms. The summed E-state index contributed by atoms with van der Waals surface area (Å²) >= 11 is 23.8. The second kappa shape index (κ2) is 8.92. The molecule has 4 nitrogen and oxygen atoms in total. The molecule has 0 N–H and O–H groups in total. The van der Waals surface area contributed by atoms with Gasteiger partial charge in [0.1, 0.15) is 5.69 Å². The number of hydrogen-bond acceptors (Lipinski definition) is 4. The summed E-state index contributed by atoms with van der Waals surface area (Å²) in [5, 5.41) is 8.43. The lowest BCUT2D eigenvalue weighted by Gasteiger charge is -2.14. The van der Waals surface area contributed by atoms with Gasteiger partial charge in [-0.25, -0.2) is 4.79 Å². The Kier molecular flexibility index (Phi) is 7.90. The van der Waals surface area contributed by atoms with E-state index in [1.165, 1.54) is 19.1 Å². The van der Waals surface area contributed by atoms with Crippen molar-refractivity contribution in [1.29, 1.82) is 0 Å². The number of carbonyl (C=O) groups is 1. The van der Waals surface area contributed by atoms with Crippen LogP contribution in [0.4, 0.5) is 5.69 Å². The highest BCUT2D eigenvalue weighted by Gasteiger charge is 2.32. The van der Waals surface area contributed by atoms with Crippen molar-refractivity contribution in [2.75, 3.05) is 6.61 Å². The van der Waals surface area contributed by atoms with Gasteiger partial charge < -0.3 is 4.74 Å². The predicted molar refractivity (Wildman–Crippen MR) is 90.7 cm³/mol. The van der Waals surface area contributed by atoms with E-state index in [2.05, 4.69) is 17.2 Å². The van der Waals surface area contributed by atoms with Crippen molar-refractivity contribution in [3.05, 3.63) is 27.2 Å². The van der Waals surface area contributed by atoms with Gasteiger partial charge in [0.15, 0.2) is 0 Å². The van der Waals surface area contributed by atoms with Gasteiger partial charge in [-0.05, 0) is 25.5 Å². The number of azo groups is 1. The van der Waals surface area contributed by atoms with E-state index in [1.807, 2.05) is 0 Å². The van der Waals surface area contributed by atoms with Crippen LogP contribution in [-0.4, -0.2) is 17.6 Å². The summed E-state index contributed by atoms with van der Waals surface area (Å²) in [6.07, 6.45) is 2.79. The highest BCUT2D eigenvalue weighted by atomic mass is 35.5. The zero-order valence-corrected chi connectivity index (χ0v) is 15.2. The third kappa shape index (κ3) is 5.92. The summed E-state index contributed by atoms with van der Waals surface area (Å²) in [4.78, 5) is 10.2. The zero-order chi connectivity index (χ0) is 16.8. The van der Waals surface area contributed by atoms with Crippen LogP contribution in [-0.2, 0) is 9.53 Å². The molecule has 0 radical (unpaired) electrons. The van der Waals surface area contributed by atoms with Gasteiger partial charge in [0, 0.05) is 5.02 Å². The van der Waals surface area contributed by atoms with Crippen LogP contribution in [0.2, 0.25) is 15.1 Å². The SMILES string of the molecule is CCCCCOC(=O)C(C)(Cl)/N=N/c1c(Cl)cc(Cl)cc1Cl. The molecule has 0 spiro atoms. The Hall–Kier alpha value is -0.550. The molecular formula is C14H16Cl4N2O2. The average molecular weight is 386 g/mol. The third-order valence-corrected chi connectivity index (χ3v) is 3.70. The van der Waals surface area contributed by atoms with Crippen molar-refractivity contribution in [3.63, 3.8) is 0 Å². The van der Waals surface area contributed by atoms with Crippen molar-refractivity contribution in [1.82, 2.24) is 0 Å². The summed E-state index contributed by atoms with van der Waals surface area (Å²) in [5.74, 6) is -0.671. The summed E-state index contributed by atoms with van der Waals surface area (Å²) in [6.45, 7) is 3.74. The van der Waals surface area contributed by atoms with E-state index in [1.54, 1.807) is 0 Å². The summed E-state index contributed by atoms with van der Waals surface area (Å²) in [6, 6.07) is 2.94. The second-order valence-corrected chi connectivity index (χ2v) is 6.70. The molecule has 0 amide bonds. The fourth-order valence-corrected chi connectivity index (χ4v) is 2.45. The maximum atomic E-state index is 11.9. The first-order valence-electron chi connectivity index (χ1n) is 6.71. The zero-order valence-electron chi connectivity index (χ0n) is 12.2. The molecule has 1 aromatic rings. The molecule has 8 heteroatoms. The van der Waals surface area contributed by atoms with Crippen molar-refractivity contribution in [2.24, 2.45) is 10.2 Å². The average Bonchev–Trinajstić information content (AvgIpc) is 2.42. The summed E-state index contributed by atoms with van der Waals surface area (Å²) in [5.41, 5.74) is 0.193. The smallest absolute Gasteiger partial charge is 0.351 e. The van der Waals surface area contributed by atoms with E-state index in [4.69, 9.17) is 51.1 Å². The number of hydrogen-bond donors (Lipinski definition) is 0. The van der Waals surface area contributed by atoms with Crippen molar-refractivity contribution in [3.8, 4) is 0 Å². The van der Waals surface area contributed by atoms with E-state index in [0.29, 0.717) is 11.6 Å². The van der Waals surface area contributed by atoms with E-state index >= 15 is 0 Å². The molecule has 0 saturated heterocycles. The lowest BCUT2D eigenvalue weighted by molar-refractivity contribution is -0.146. The molecule has 0 aliphatic heterocycles. The van der Waals surface area contributed by atoms with Gasteiger partial charge in [-0.1, -0.05) is 66.2 Å². The summed E-state index contributed by atoms with van der Waals surface area (Å²) < 4.78 is 5.07. The topological polar surface area (TPSA) is 51.0 Å². The summed E-state index contributed by atoms with van der Waals surface area (Å²) in [7, 11) is 0. The third-order valence-electron chi connectivity index (χ3n) is 2.67. The number of esters is 1. The van der Waals surface area contributed by atoms with E-state index in [9.17, 15) is 4.79 Å². The molecule has 1 rings (SSSR count). The molecule has 0 bridgehead atoms. The van der Waals surface area contributed by atoms with Crippen LogP contribution in [0.25, 0.3) is 0 Å². The monoisotopic (exact) mass is 384 g/mol. The van der Waals surface area contributed by atoms with E-state index in [0.717, 1.165) is 19.3 Å². The van der Waals surface area contributed by atoms with Crippen molar-refractivity contribution >= 4 is 58.1 Å². The van der Waals surface area contributed by atoms with Crippen LogP contribution < -0.4 is 0 Å². The number of carbonyl (C=O) groups excluding carboxylic acids is 1. The Morgan fingerprint density at radius 2 is 1.82 bits per heavy atom. The van der Waals surface area contributed by atoms with Gasteiger partial charge in [-0.3, -0.25) is 0 Å². The number of ether oxygens (including phenoxy) is 1. The van der Waals surface area contributed by atoms with Crippen LogP contribution in [0.3, 0.4) is 0 Å². The Labute approximate surface area is 149 Å². The van der Waals surface area contributed by atoms with Crippen LogP contribution in [0.1, 0.15) is 33.1 Å². The molecular weight excluding hydrogens is 370 g/mol. The molecule has 0 heterocycles. The number of halogens is 4. The molecule has 0 aliphatic carbocycles. The maximum absolute atomic E-state index is 11.9. The largest absolute Gasteiger partial charge is 0.463 e. The van der Waals surface area contributed by atoms with Gasteiger partial charge in [0.05, 0.1) is 16.7 Å². The van der Waals surface area contributed by atoms with Crippen LogP contribution in [0.5, 0.6) is 0 Å². The Bertz CT molecular complexity index is 539. The van der Waals surface area contributed by atoms with Gasteiger partial charge in [-0.15, -0.1) is 0 Å². The molecule has 1 atom stereocenters. The standard InChI is InChI=1S/C14H16Cl4N2O2/c1-3-4-5-6-22-13(21)14(2,18)20-19-12-10(16)7-9(15)8-11(12)17/h7-8H,3-6H2,1-2H3/b20-19+. The number of rotatable bonds is 7. The molecule has 0 aliphatic rings. The number of unbranched alkanes of at least 4 members (excludes halogenated alkanes) is 2. The van der Waals surface area contributed by atoms with Crippen LogP contribution in [0.15, 0.2) is 22.4 Å². The molecule has 1 aromatic carbocycles. The minimum atomic E-state index is -1.64. The molecule has 0 aromatic heterocycles. The highest BCUT2D eigenvalue weighted by molar-refractivity contribution is 6.41. The van der Waals surface area contributed by atoms with Crippen LogP contribution >= 0.6 is 46.4 Å². The Morgan fingerprint density at radius 1 is 1.23 bits per heavy atom. The van der Waals surface area contributed by atoms with Gasteiger partial charge in [0.2, 0.25) is 5.00 Å². The first-order chi connectivity index (χ1) is 10.3. The van der Waals surface area contributed by atoms with Crippen LogP contribution in [0, 0.1) is 0 Å². The molecule has 1 unspecified atom stereocenters. The second-order valence-electron chi connectivity index (χ2n) is 4.71. The van der Waals surface area contributed by atoms with E-state index < -0.39 is 11.0 Å². The minimum Gasteiger partial charge on any atom is -0.463 e. The molecule has 122 valence electrons. The minimum absolute atomic E-state index is 0.193. The maximum Gasteiger partial charge on any atom is 0.351 e. The number of benzene rings is 1. The normalized spacial score (nSPS) is 14.1. The van der Waals surface area contributed by atoms with Crippen molar-refractivity contribution in [2.45, 2.75) is 38.1 Å². The van der Waals surface area contributed by atoms with Gasteiger partial charge >= 0.3 is 5.97 Å². The highest BCUT2D eigenvalue weighted by Crippen LogP contribution is 2.37. The first-order valence-corrected chi connectivity index (χ1v) is 8.22. The Balaban J connectivity index is 2.77.